The van der Waals surface area contributed by atoms with E-state index in [2.05, 4.69) is 10.5 Å². The molecule has 196 valence electrons. The van der Waals surface area contributed by atoms with Gasteiger partial charge >= 0.3 is 0 Å². The number of aryl methyl sites for hydroxylation is 1. The number of anilines is 1. The number of benzene rings is 3. The summed E-state index contributed by atoms with van der Waals surface area (Å²) in [5, 5.41) is 4.00. The SMILES string of the molecule is CCOc1ccc(/C=N/NC(=O)CN(c2cccc(OC)c2)S(=O)(=O)c2ccc(C)cc2)cc1OCC. The molecule has 0 fully saturated rings. The predicted molar refractivity (Wildman–Crippen MR) is 143 cm³/mol. The maximum Gasteiger partial charge on any atom is 0.264 e. The van der Waals surface area contributed by atoms with Crippen molar-refractivity contribution in [1.82, 2.24) is 5.43 Å². The second kappa shape index (κ2) is 12.8. The number of ether oxygens (including phenoxy) is 3. The van der Waals surface area contributed by atoms with Crippen LogP contribution in [0.4, 0.5) is 5.69 Å². The van der Waals surface area contributed by atoms with Gasteiger partial charge in [0.2, 0.25) is 0 Å². The van der Waals surface area contributed by atoms with Crippen molar-refractivity contribution in [3.8, 4) is 17.2 Å². The van der Waals surface area contributed by atoms with Gasteiger partial charge in [-0.05, 0) is 68.8 Å². The molecule has 0 aromatic heterocycles. The van der Waals surface area contributed by atoms with E-state index in [4.69, 9.17) is 14.2 Å². The molecule has 37 heavy (non-hydrogen) atoms. The first kappa shape index (κ1) is 27.5. The molecular weight excluding hydrogens is 494 g/mol. The maximum atomic E-state index is 13.5. The summed E-state index contributed by atoms with van der Waals surface area (Å²) in [6, 6.07) is 18.2. The lowest BCUT2D eigenvalue weighted by Gasteiger charge is -2.24. The third kappa shape index (κ3) is 7.23. The van der Waals surface area contributed by atoms with Gasteiger partial charge < -0.3 is 14.2 Å². The monoisotopic (exact) mass is 525 g/mol. The lowest BCUT2D eigenvalue weighted by Crippen LogP contribution is -2.39. The molecule has 0 bridgehead atoms. The van der Waals surface area contributed by atoms with E-state index in [-0.39, 0.29) is 10.6 Å². The Morgan fingerprint density at radius 2 is 1.68 bits per heavy atom. The minimum absolute atomic E-state index is 0.0649. The Morgan fingerprint density at radius 1 is 0.973 bits per heavy atom. The number of hydrogen-bond acceptors (Lipinski definition) is 7. The molecule has 0 aliphatic heterocycles. The fraction of sp³-hybridized carbons (Fsp3) is 0.259. The summed E-state index contributed by atoms with van der Waals surface area (Å²) >= 11 is 0. The molecule has 1 N–H and O–H groups in total. The van der Waals surface area contributed by atoms with Crippen molar-refractivity contribution in [2.45, 2.75) is 25.7 Å². The highest BCUT2D eigenvalue weighted by Crippen LogP contribution is 2.28. The third-order valence-electron chi connectivity index (χ3n) is 5.21. The van der Waals surface area contributed by atoms with Crippen molar-refractivity contribution >= 4 is 27.8 Å². The van der Waals surface area contributed by atoms with E-state index in [1.165, 1.54) is 25.5 Å². The molecule has 0 saturated carbocycles. The summed E-state index contributed by atoms with van der Waals surface area (Å²) in [5.41, 5.74) is 4.28. The van der Waals surface area contributed by atoms with E-state index >= 15 is 0 Å². The van der Waals surface area contributed by atoms with Gasteiger partial charge in [0.05, 0.1) is 37.1 Å². The molecule has 0 heterocycles. The molecule has 10 heteroatoms. The Balaban J connectivity index is 1.82. The van der Waals surface area contributed by atoms with Crippen LogP contribution in [0, 0.1) is 6.92 Å². The van der Waals surface area contributed by atoms with Crippen LogP contribution in [0.1, 0.15) is 25.0 Å². The highest BCUT2D eigenvalue weighted by molar-refractivity contribution is 7.92. The molecule has 0 saturated heterocycles. The highest BCUT2D eigenvalue weighted by atomic mass is 32.2. The van der Waals surface area contributed by atoms with E-state index in [0.717, 1.165) is 9.87 Å². The van der Waals surface area contributed by atoms with Crippen LogP contribution < -0.4 is 23.9 Å². The van der Waals surface area contributed by atoms with Crippen molar-refractivity contribution in [1.29, 1.82) is 0 Å². The minimum Gasteiger partial charge on any atom is -0.497 e. The normalized spacial score (nSPS) is 11.2. The standard InChI is InChI=1S/C27H31N3O6S/c1-5-35-25-15-12-21(16-26(25)36-6-2)18-28-29-27(31)19-30(22-8-7-9-23(17-22)34-4)37(32,33)24-13-10-20(3)11-14-24/h7-18H,5-6,19H2,1-4H3,(H,29,31)/b28-18+. The molecule has 0 atom stereocenters. The van der Waals surface area contributed by atoms with Gasteiger partial charge in [0, 0.05) is 6.07 Å². The number of hydrogen-bond donors (Lipinski definition) is 1. The third-order valence-corrected chi connectivity index (χ3v) is 7.00. The Bertz CT molecular complexity index is 1340. The lowest BCUT2D eigenvalue weighted by molar-refractivity contribution is -0.119. The first-order valence-electron chi connectivity index (χ1n) is 11.7. The molecule has 9 nitrogen and oxygen atoms in total. The van der Waals surface area contributed by atoms with Gasteiger partial charge in [-0.3, -0.25) is 9.10 Å². The summed E-state index contributed by atoms with van der Waals surface area (Å²) in [6.45, 7) is 6.09. The zero-order valence-electron chi connectivity index (χ0n) is 21.3. The van der Waals surface area contributed by atoms with Crippen LogP contribution in [0.5, 0.6) is 17.2 Å². The second-order valence-corrected chi connectivity index (χ2v) is 9.75. The average Bonchev–Trinajstić information content (AvgIpc) is 2.89. The maximum absolute atomic E-state index is 13.5. The average molecular weight is 526 g/mol. The van der Waals surface area contributed by atoms with Crippen LogP contribution in [-0.4, -0.2) is 47.4 Å². The van der Waals surface area contributed by atoms with E-state index in [1.54, 1.807) is 54.6 Å². The van der Waals surface area contributed by atoms with Gasteiger partial charge in [0.15, 0.2) is 11.5 Å². The summed E-state index contributed by atoms with van der Waals surface area (Å²) in [7, 11) is -2.57. The molecule has 0 radical (unpaired) electrons. The van der Waals surface area contributed by atoms with Crippen molar-refractivity contribution in [2.75, 3.05) is 31.2 Å². The number of hydrazone groups is 1. The molecular formula is C27H31N3O6S. The molecule has 0 unspecified atom stereocenters. The van der Waals surface area contributed by atoms with Gasteiger partial charge in [-0.2, -0.15) is 5.10 Å². The first-order valence-corrected chi connectivity index (χ1v) is 13.2. The zero-order valence-corrected chi connectivity index (χ0v) is 22.1. The molecule has 0 spiro atoms. The number of methoxy groups -OCH3 is 1. The van der Waals surface area contributed by atoms with E-state index in [0.29, 0.717) is 36.0 Å². The Labute approximate surface area is 217 Å². The largest absolute Gasteiger partial charge is 0.497 e. The van der Waals surface area contributed by atoms with Gasteiger partial charge in [-0.25, -0.2) is 13.8 Å². The molecule has 0 aliphatic carbocycles. The first-order chi connectivity index (χ1) is 17.8. The van der Waals surface area contributed by atoms with Gasteiger partial charge in [0.25, 0.3) is 15.9 Å². The molecule has 3 aromatic rings. The Kier molecular flexibility index (Phi) is 9.51. The summed E-state index contributed by atoms with van der Waals surface area (Å²) < 4.78 is 44.4. The molecule has 3 aromatic carbocycles. The number of amides is 1. The Morgan fingerprint density at radius 3 is 2.35 bits per heavy atom. The summed E-state index contributed by atoms with van der Waals surface area (Å²) in [4.78, 5) is 12.9. The number of nitrogens with zero attached hydrogens (tertiary/aromatic N) is 2. The molecule has 3 rings (SSSR count). The van der Waals surface area contributed by atoms with Gasteiger partial charge in [-0.1, -0.05) is 23.8 Å². The van der Waals surface area contributed by atoms with Crippen molar-refractivity contribution < 1.29 is 27.4 Å². The zero-order chi connectivity index (χ0) is 26.8. The van der Waals surface area contributed by atoms with Gasteiger partial charge in [0.1, 0.15) is 12.3 Å². The van der Waals surface area contributed by atoms with Crippen LogP contribution in [-0.2, 0) is 14.8 Å². The second-order valence-electron chi connectivity index (χ2n) is 7.89. The van der Waals surface area contributed by atoms with Crippen LogP contribution in [0.25, 0.3) is 0 Å². The van der Waals surface area contributed by atoms with Gasteiger partial charge in [-0.15, -0.1) is 0 Å². The summed E-state index contributed by atoms with van der Waals surface area (Å²) in [6.07, 6.45) is 1.44. The van der Waals surface area contributed by atoms with E-state index in [1.807, 2.05) is 20.8 Å². The van der Waals surface area contributed by atoms with Crippen molar-refractivity contribution in [3.63, 3.8) is 0 Å². The summed E-state index contributed by atoms with van der Waals surface area (Å²) in [5.74, 6) is 1.01. The number of nitrogens with one attached hydrogen (secondary N) is 1. The van der Waals surface area contributed by atoms with Crippen molar-refractivity contribution in [2.24, 2.45) is 5.10 Å². The quantitative estimate of drug-likeness (QED) is 0.281. The number of carbonyl (C=O) groups excluding carboxylic acids is 1. The van der Waals surface area contributed by atoms with Crippen LogP contribution >= 0.6 is 0 Å². The van der Waals surface area contributed by atoms with E-state index < -0.39 is 22.5 Å². The van der Waals surface area contributed by atoms with Crippen LogP contribution in [0.15, 0.2) is 76.7 Å². The molecule has 1 amide bonds. The fourth-order valence-electron chi connectivity index (χ4n) is 3.41. The minimum atomic E-state index is -4.06. The topological polar surface area (TPSA) is 107 Å². The Hall–Kier alpha value is -4.05. The molecule has 0 aliphatic rings. The number of rotatable bonds is 12. The lowest BCUT2D eigenvalue weighted by atomic mass is 10.2. The van der Waals surface area contributed by atoms with Crippen LogP contribution in [0.3, 0.4) is 0 Å². The van der Waals surface area contributed by atoms with Crippen LogP contribution in [0.2, 0.25) is 0 Å². The number of carbonyl (C=O) groups is 1. The fourth-order valence-corrected chi connectivity index (χ4v) is 4.82. The van der Waals surface area contributed by atoms with Crippen molar-refractivity contribution in [3.05, 3.63) is 77.9 Å². The smallest absolute Gasteiger partial charge is 0.264 e. The highest BCUT2D eigenvalue weighted by Gasteiger charge is 2.27. The predicted octanol–water partition coefficient (Wildman–Crippen LogP) is 4.15. The van der Waals surface area contributed by atoms with E-state index in [9.17, 15) is 13.2 Å². The number of sulfonamides is 1.